The van der Waals surface area contributed by atoms with Crippen molar-refractivity contribution in [2.24, 2.45) is 17.8 Å². The van der Waals surface area contributed by atoms with Gasteiger partial charge < -0.3 is 14.2 Å². The van der Waals surface area contributed by atoms with Crippen LogP contribution >= 0.6 is 0 Å². The number of hydrogen-bond acceptors (Lipinski definition) is 4. The van der Waals surface area contributed by atoms with E-state index < -0.39 is 0 Å². The molecule has 1 aromatic carbocycles. The highest BCUT2D eigenvalue weighted by Crippen LogP contribution is 2.49. The molecule has 0 unspecified atom stereocenters. The van der Waals surface area contributed by atoms with Gasteiger partial charge in [-0.15, -0.1) is 0 Å². The summed E-state index contributed by atoms with van der Waals surface area (Å²) in [5.74, 6) is 3.93. The lowest BCUT2D eigenvalue weighted by molar-refractivity contribution is -0.135. The third-order valence-corrected chi connectivity index (χ3v) is 4.89. The van der Waals surface area contributed by atoms with E-state index in [1.807, 2.05) is 0 Å². The molecule has 2 fully saturated rings. The van der Waals surface area contributed by atoms with E-state index in [1.54, 1.807) is 18.2 Å². The van der Waals surface area contributed by atoms with Crippen LogP contribution in [0.25, 0.3) is 0 Å². The number of rotatable bonds is 3. The molecule has 106 valence electrons. The summed E-state index contributed by atoms with van der Waals surface area (Å²) in [7, 11) is 0. The molecule has 2 aliphatic carbocycles. The summed E-state index contributed by atoms with van der Waals surface area (Å²) in [6, 6.07) is 5.26. The highest BCUT2D eigenvalue weighted by molar-refractivity contribution is 5.73. The van der Waals surface area contributed by atoms with E-state index in [0.717, 1.165) is 11.8 Å². The van der Waals surface area contributed by atoms with Gasteiger partial charge in [0.1, 0.15) is 5.75 Å². The van der Waals surface area contributed by atoms with Crippen LogP contribution in [0.4, 0.5) is 0 Å². The molecule has 3 atom stereocenters. The van der Waals surface area contributed by atoms with Gasteiger partial charge in [0.2, 0.25) is 6.79 Å². The van der Waals surface area contributed by atoms with E-state index in [9.17, 15) is 4.79 Å². The van der Waals surface area contributed by atoms with E-state index in [2.05, 4.69) is 0 Å². The van der Waals surface area contributed by atoms with Crippen LogP contribution in [0.5, 0.6) is 17.2 Å². The zero-order valence-electron chi connectivity index (χ0n) is 11.3. The Hall–Kier alpha value is -1.71. The fraction of sp³-hybridized carbons (Fsp3) is 0.562. The lowest BCUT2D eigenvalue weighted by Gasteiger charge is -2.20. The van der Waals surface area contributed by atoms with E-state index in [0.29, 0.717) is 29.6 Å². The average Bonchev–Trinajstić information content (AvgIpc) is 3.13. The minimum absolute atomic E-state index is 0.124. The molecule has 20 heavy (non-hydrogen) atoms. The van der Waals surface area contributed by atoms with Crippen molar-refractivity contribution in [2.45, 2.75) is 32.1 Å². The van der Waals surface area contributed by atoms with E-state index in [-0.39, 0.29) is 12.8 Å². The Morgan fingerprint density at radius 2 is 2.10 bits per heavy atom. The van der Waals surface area contributed by atoms with Gasteiger partial charge in [0, 0.05) is 12.5 Å². The van der Waals surface area contributed by atoms with Crippen molar-refractivity contribution in [1.29, 1.82) is 0 Å². The van der Waals surface area contributed by atoms with Crippen LogP contribution in [0.2, 0.25) is 0 Å². The smallest absolute Gasteiger partial charge is 0.311 e. The van der Waals surface area contributed by atoms with Crippen molar-refractivity contribution in [3.05, 3.63) is 18.2 Å². The number of benzene rings is 1. The van der Waals surface area contributed by atoms with Crippen molar-refractivity contribution < 1.29 is 19.0 Å². The molecule has 1 aliphatic heterocycles. The van der Waals surface area contributed by atoms with Crippen molar-refractivity contribution in [1.82, 2.24) is 0 Å². The quantitative estimate of drug-likeness (QED) is 0.627. The summed E-state index contributed by atoms with van der Waals surface area (Å²) < 4.78 is 16.0. The molecule has 2 bridgehead atoms. The molecule has 3 aliphatic rings. The van der Waals surface area contributed by atoms with Crippen molar-refractivity contribution in [2.75, 3.05) is 6.79 Å². The third-order valence-electron chi connectivity index (χ3n) is 4.89. The van der Waals surface area contributed by atoms with Gasteiger partial charge in [0.05, 0.1) is 0 Å². The molecule has 0 saturated heterocycles. The van der Waals surface area contributed by atoms with Crippen LogP contribution in [0.15, 0.2) is 18.2 Å². The SMILES string of the molecule is O=C(C[C@@H]1C[C@H]2CC[C@@H]1C2)Oc1ccc2c(c1)OCO2. The van der Waals surface area contributed by atoms with E-state index in [4.69, 9.17) is 14.2 Å². The molecule has 0 aromatic heterocycles. The zero-order valence-corrected chi connectivity index (χ0v) is 11.3. The Morgan fingerprint density at radius 1 is 1.20 bits per heavy atom. The first-order chi connectivity index (χ1) is 9.78. The van der Waals surface area contributed by atoms with Gasteiger partial charge >= 0.3 is 5.97 Å². The number of ether oxygens (including phenoxy) is 3. The Bertz CT molecular complexity index is 539. The lowest BCUT2D eigenvalue weighted by atomic mass is 9.86. The first-order valence-corrected chi connectivity index (χ1v) is 7.38. The summed E-state index contributed by atoms with van der Waals surface area (Å²) in [5.41, 5.74) is 0. The molecule has 0 radical (unpaired) electrons. The van der Waals surface area contributed by atoms with Crippen LogP contribution in [-0.2, 0) is 4.79 Å². The Labute approximate surface area is 118 Å². The van der Waals surface area contributed by atoms with Crippen LogP contribution < -0.4 is 14.2 Å². The molecular weight excluding hydrogens is 256 g/mol. The van der Waals surface area contributed by atoms with Gasteiger partial charge in [-0.2, -0.15) is 0 Å². The molecule has 1 aromatic rings. The van der Waals surface area contributed by atoms with E-state index >= 15 is 0 Å². The normalized spacial score (nSPS) is 29.7. The van der Waals surface area contributed by atoms with Gasteiger partial charge in [-0.25, -0.2) is 0 Å². The number of carbonyl (C=O) groups excluding carboxylic acids is 1. The number of fused-ring (bicyclic) bond motifs is 3. The third kappa shape index (κ3) is 2.13. The highest BCUT2D eigenvalue weighted by atomic mass is 16.7. The predicted octanol–water partition coefficient (Wildman–Crippen LogP) is 3.15. The van der Waals surface area contributed by atoms with Gasteiger partial charge in [0.25, 0.3) is 0 Å². The van der Waals surface area contributed by atoms with Gasteiger partial charge in [-0.05, 0) is 49.1 Å². The maximum absolute atomic E-state index is 12.1. The lowest BCUT2D eigenvalue weighted by Crippen LogP contribution is -2.18. The molecule has 2 saturated carbocycles. The Balaban J connectivity index is 1.38. The Kier molecular flexibility index (Phi) is 2.83. The topological polar surface area (TPSA) is 44.8 Å². The molecular formula is C16H18O4. The molecule has 0 spiro atoms. The maximum atomic E-state index is 12.1. The summed E-state index contributed by atoms with van der Waals surface area (Å²) in [5, 5.41) is 0. The van der Waals surface area contributed by atoms with Crippen molar-refractivity contribution in [3.8, 4) is 17.2 Å². The first-order valence-electron chi connectivity index (χ1n) is 7.38. The van der Waals surface area contributed by atoms with Crippen LogP contribution in [-0.4, -0.2) is 12.8 Å². The standard InChI is InChI=1S/C16H18O4/c17-16(7-12-6-10-1-2-11(12)5-10)20-13-3-4-14-15(8-13)19-9-18-14/h3-4,8,10-12H,1-2,5-7,9H2/t10-,11+,12-/m0/s1. The van der Waals surface area contributed by atoms with Crippen LogP contribution in [0.1, 0.15) is 32.1 Å². The molecule has 1 heterocycles. The highest BCUT2D eigenvalue weighted by Gasteiger charge is 2.40. The van der Waals surface area contributed by atoms with Gasteiger partial charge in [-0.1, -0.05) is 6.42 Å². The molecule has 4 nitrogen and oxygen atoms in total. The van der Waals surface area contributed by atoms with E-state index in [1.165, 1.54) is 25.7 Å². The molecule has 4 rings (SSSR count). The van der Waals surface area contributed by atoms with Crippen LogP contribution in [0, 0.1) is 17.8 Å². The minimum Gasteiger partial charge on any atom is -0.454 e. The summed E-state index contributed by atoms with van der Waals surface area (Å²) in [4.78, 5) is 12.1. The van der Waals surface area contributed by atoms with Crippen molar-refractivity contribution in [3.63, 3.8) is 0 Å². The monoisotopic (exact) mass is 274 g/mol. The molecule has 0 amide bonds. The average molecular weight is 274 g/mol. The zero-order chi connectivity index (χ0) is 13.5. The predicted molar refractivity (Wildman–Crippen MR) is 71.8 cm³/mol. The molecule has 0 N–H and O–H groups in total. The second-order valence-corrected chi connectivity index (χ2v) is 6.13. The molecule has 4 heteroatoms. The fourth-order valence-electron chi connectivity index (χ4n) is 3.95. The first kappa shape index (κ1) is 12.1. The fourth-order valence-corrected chi connectivity index (χ4v) is 3.95. The second kappa shape index (κ2) is 4.69. The van der Waals surface area contributed by atoms with Crippen molar-refractivity contribution >= 4 is 5.97 Å². The second-order valence-electron chi connectivity index (χ2n) is 6.13. The summed E-state index contributed by atoms with van der Waals surface area (Å²) in [6.45, 7) is 0.234. The number of esters is 1. The van der Waals surface area contributed by atoms with Crippen LogP contribution in [0.3, 0.4) is 0 Å². The largest absolute Gasteiger partial charge is 0.454 e. The minimum atomic E-state index is -0.124. The van der Waals surface area contributed by atoms with Gasteiger partial charge in [-0.3, -0.25) is 4.79 Å². The summed E-state index contributed by atoms with van der Waals surface area (Å²) in [6.07, 6.45) is 5.74. The maximum Gasteiger partial charge on any atom is 0.311 e. The number of carbonyl (C=O) groups is 1. The van der Waals surface area contributed by atoms with Gasteiger partial charge in [0.15, 0.2) is 11.5 Å². The Morgan fingerprint density at radius 3 is 2.90 bits per heavy atom. The summed E-state index contributed by atoms with van der Waals surface area (Å²) >= 11 is 0. The number of hydrogen-bond donors (Lipinski definition) is 0.